The van der Waals surface area contributed by atoms with Gasteiger partial charge in [0, 0.05) is 13.5 Å². The molecule has 0 heterocycles. The molecule has 0 saturated heterocycles. The van der Waals surface area contributed by atoms with Gasteiger partial charge in [0.15, 0.2) is 0 Å². The topological polar surface area (TPSA) is 35.5 Å². The normalized spacial score (nSPS) is 11.6. The van der Waals surface area contributed by atoms with E-state index in [4.69, 9.17) is 9.47 Å². The number of ether oxygens (including phenoxy) is 2. The molecule has 3 heteroatoms. The Balaban J connectivity index is 3.47. The predicted octanol–water partition coefficient (Wildman–Crippen LogP) is 1.80. The maximum atomic E-state index is 10.1. The van der Waals surface area contributed by atoms with Crippen LogP contribution in [0, 0.1) is 0 Å². The highest BCUT2D eigenvalue weighted by molar-refractivity contribution is 5.48. The van der Waals surface area contributed by atoms with Gasteiger partial charge in [-0.2, -0.15) is 0 Å². The number of hydrogen-bond acceptors (Lipinski definition) is 3. The summed E-state index contributed by atoms with van der Waals surface area (Å²) in [4.78, 5) is 10.1. The SMILES string of the molecule is COCCOC(C)(C)CCCC=O. The molecule has 78 valence electrons. The highest BCUT2D eigenvalue weighted by Gasteiger charge is 2.16. The van der Waals surface area contributed by atoms with Crippen LogP contribution in [0.2, 0.25) is 0 Å². The first-order valence-electron chi connectivity index (χ1n) is 4.69. The van der Waals surface area contributed by atoms with Gasteiger partial charge >= 0.3 is 0 Å². The van der Waals surface area contributed by atoms with E-state index in [0.29, 0.717) is 19.6 Å². The number of hydrogen-bond donors (Lipinski definition) is 0. The molecular weight excluding hydrogens is 168 g/mol. The minimum absolute atomic E-state index is 0.137. The lowest BCUT2D eigenvalue weighted by molar-refractivity contribution is -0.108. The van der Waals surface area contributed by atoms with Gasteiger partial charge in [0.05, 0.1) is 18.8 Å². The summed E-state index contributed by atoms with van der Waals surface area (Å²) in [7, 11) is 1.66. The molecule has 0 fully saturated rings. The van der Waals surface area contributed by atoms with Crippen molar-refractivity contribution in [2.24, 2.45) is 0 Å². The number of carbonyl (C=O) groups excluding carboxylic acids is 1. The second kappa shape index (κ2) is 7.04. The van der Waals surface area contributed by atoms with Gasteiger partial charge in [-0.05, 0) is 26.7 Å². The molecule has 0 aromatic heterocycles. The van der Waals surface area contributed by atoms with E-state index in [2.05, 4.69) is 0 Å². The summed E-state index contributed by atoms with van der Waals surface area (Å²) in [5, 5.41) is 0. The van der Waals surface area contributed by atoms with Gasteiger partial charge in [0.25, 0.3) is 0 Å². The van der Waals surface area contributed by atoms with E-state index < -0.39 is 0 Å². The van der Waals surface area contributed by atoms with E-state index >= 15 is 0 Å². The van der Waals surface area contributed by atoms with E-state index in [1.807, 2.05) is 13.8 Å². The first-order chi connectivity index (χ1) is 6.12. The van der Waals surface area contributed by atoms with Gasteiger partial charge in [-0.15, -0.1) is 0 Å². The van der Waals surface area contributed by atoms with Crippen LogP contribution in [0.1, 0.15) is 33.1 Å². The van der Waals surface area contributed by atoms with Crippen molar-refractivity contribution in [3.8, 4) is 0 Å². The van der Waals surface area contributed by atoms with Crippen LogP contribution in [0.25, 0.3) is 0 Å². The summed E-state index contributed by atoms with van der Waals surface area (Å²) in [5.74, 6) is 0. The third kappa shape index (κ3) is 7.94. The second-order valence-corrected chi connectivity index (χ2v) is 3.66. The van der Waals surface area contributed by atoms with Crippen LogP contribution in [0.4, 0.5) is 0 Å². The van der Waals surface area contributed by atoms with Gasteiger partial charge in [0.1, 0.15) is 6.29 Å². The van der Waals surface area contributed by atoms with Crippen molar-refractivity contribution in [1.82, 2.24) is 0 Å². The van der Waals surface area contributed by atoms with Crippen molar-refractivity contribution in [2.45, 2.75) is 38.7 Å². The average molecular weight is 188 g/mol. The molecule has 0 N–H and O–H groups in total. The fraction of sp³-hybridized carbons (Fsp3) is 0.900. The molecule has 0 radical (unpaired) electrons. The van der Waals surface area contributed by atoms with Gasteiger partial charge in [-0.25, -0.2) is 0 Å². The average Bonchev–Trinajstić information content (AvgIpc) is 2.05. The van der Waals surface area contributed by atoms with Crippen molar-refractivity contribution in [2.75, 3.05) is 20.3 Å². The van der Waals surface area contributed by atoms with Crippen LogP contribution in [0.5, 0.6) is 0 Å². The Kier molecular flexibility index (Phi) is 6.82. The first-order valence-corrected chi connectivity index (χ1v) is 4.69. The van der Waals surface area contributed by atoms with Crippen LogP contribution in [-0.4, -0.2) is 32.2 Å². The van der Waals surface area contributed by atoms with Crippen LogP contribution in [0.3, 0.4) is 0 Å². The second-order valence-electron chi connectivity index (χ2n) is 3.66. The van der Waals surface area contributed by atoms with Crippen LogP contribution >= 0.6 is 0 Å². The third-order valence-corrected chi connectivity index (χ3v) is 1.88. The van der Waals surface area contributed by atoms with Crippen molar-refractivity contribution in [1.29, 1.82) is 0 Å². The highest BCUT2D eigenvalue weighted by Crippen LogP contribution is 2.17. The molecule has 0 aliphatic carbocycles. The molecule has 13 heavy (non-hydrogen) atoms. The molecule has 0 bridgehead atoms. The Morgan fingerprint density at radius 3 is 2.54 bits per heavy atom. The van der Waals surface area contributed by atoms with E-state index in [1.165, 1.54) is 0 Å². The zero-order chi connectivity index (χ0) is 10.2. The lowest BCUT2D eigenvalue weighted by Gasteiger charge is -2.24. The Hall–Kier alpha value is -0.410. The number of unbranched alkanes of at least 4 members (excludes halogenated alkanes) is 1. The summed E-state index contributed by atoms with van der Waals surface area (Å²) in [5.41, 5.74) is -0.137. The molecule has 3 nitrogen and oxygen atoms in total. The Morgan fingerprint density at radius 2 is 2.00 bits per heavy atom. The molecule has 0 aliphatic rings. The molecule has 0 aliphatic heterocycles. The lowest BCUT2D eigenvalue weighted by Crippen LogP contribution is -2.26. The van der Waals surface area contributed by atoms with Gasteiger partial charge in [0.2, 0.25) is 0 Å². The highest BCUT2D eigenvalue weighted by atomic mass is 16.5. The largest absolute Gasteiger partial charge is 0.382 e. The monoisotopic (exact) mass is 188 g/mol. The van der Waals surface area contributed by atoms with Crippen molar-refractivity contribution in [3.63, 3.8) is 0 Å². The van der Waals surface area contributed by atoms with Gasteiger partial charge < -0.3 is 14.3 Å². The molecule has 0 amide bonds. The molecule has 0 rings (SSSR count). The predicted molar refractivity (Wildman–Crippen MR) is 51.8 cm³/mol. The maximum Gasteiger partial charge on any atom is 0.119 e. The quantitative estimate of drug-likeness (QED) is 0.430. The van der Waals surface area contributed by atoms with Crippen molar-refractivity contribution < 1.29 is 14.3 Å². The summed E-state index contributed by atoms with van der Waals surface area (Å²) >= 11 is 0. The Labute approximate surface area is 80.4 Å². The molecule has 0 aromatic carbocycles. The Bertz CT molecular complexity index is 132. The number of methoxy groups -OCH3 is 1. The molecule has 0 unspecified atom stereocenters. The fourth-order valence-corrected chi connectivity index (χ4v) is 1.08. The van der Waals surface area contributed by atoms with Crippen molar-refractivity contribution >= 4 is 6.29 Å². The van der Waals surface area contributed by atoms with E-state index in [9.17, 15) is 4.79 Å². The summed E-state index contributed by atoms with van der Waals surface area (Å²) in [6.07, 6.45) is 3.38. The zero-order valence-corrected chi connectivity index (χ0v) is 8.84. The van der Waals surface area contributed by atoms with Crippen LogP contribution in [-0.2, 0) is 14.3 Å². The summed E-state index contributed by atoms with van der Waals surface area (Å²) in [6, 6.07) is 0. The van der Waals surface area contributed by atoms with Gasteiger partial charge in [-0.1, -0.05) is 0 Å². The molecule has 0 atom stereocenters. The number of rotatable bonds is 8. The number of carbonyl (C=O) groups is 1. The van der Waals surface area contributed by atoms with Gasteiger partial charge in [-0.3, -0.25) is 0 Å². The zero-order valence-electron chi connectivity index (χ0n) is 8.84. The van der Waals surface area contributed by atoms with E-state index in [0.717, 1.165) is 19.1 Å². The molecular formula is C10H20O3. The minimum Gasteiger partial charge on any atom is -0.382 e. The number of aldehydes is 1. The minimum atomic E-state index is -0.137. The van der Waals surface area contributed by atoms with E-state index in [1.54, 1.807) is 7.11 Å². The first kappa shape index (κ1) is 12.6. The van der Waals surface area contributed by atoms with E-state index in [-0.39, 0.29) is 5.60 Å². The fourth-order valence-electron chi connectivity index (χ4n) is 1.08. The Morgan fingerprint density at radius 1 is 1.31 bits per heavy atom. The summed E-state index contributed by atoms with van der Waals surface area (Å²) < 4.78 is 10.5. The molecule has 0 saturated carbocycles. The van der Waals surface area contributed by atoms with Crippen molar-refractivity contribution in [3.05, 3.63) is 0 Å². The summed E-state index contributed by atoms with van der Waals surface area (Å²) in [6.45, 7) is 5.31. The van der Waals surface area contributed by atoms with Crippen LogP contribution < -0.4 is 0 Å². The smallest absolute Gasteiger partial charge is 0.119 e. The maximum absolute atomic E-state index is 10.1. The lowest BCUT2D eigenvalue weighted by atomic mass is 10.0. The standard InChI is InChI=1S/C10H20O3/c1-10(2,6-4-5-7-11)13-9-8-12-3/h7H,4-6,8-9H2,1-3H3. The third-order valence-electron chi connectivity index (χ3n) is 1.88. The van der Waals surface area contributed by atoms with Crippen LogP contribution in [0.15, 0.2) is 0 Å². The molecule has 0 aromatic rings. The molecule has 0 spiro atoms.